The predicted octanol–water partition coefficient (Wildman–Crippen LogP) is 1.42. The molecule has 1 N–H and O–H groups in total. The summed E-state index contributed by atoms with van der Waals surface area (Å²) in [5, 5.41) is 9.33. The van der Waals surface area contributed by atoms with Gasteiger partial charge >= 0.3 is 0 Å². The molecule has 0 unspecified atom stereocenters. The van der Waals surface area contributed by atoms with Crippen LogP contribution < -0.4 is 0 Å². The number of aliphatic hydroxyl groups excluding tert-OH is 1. The standard InChI is InChI=1S/C9H16O4/c1-4-12-9(13-5-2)8(11)6-7(3)10/h6,9,11H,4-5H2,1-3H3/b8-6+. The van der Waals surface area contributed by atoms with Crippen molar-refractivity contribution >= 4 is 5.78 Å². The molecule has 0 saturated carbocycles. The topological polar surface area (TPSA) is 55.8 Å². The summed E-state index contributed by atoms with van der Waals surface area (Å²) in [6.07, 6.45) is 0.273. The Balaban J connectivity index is 4.25. The molecule has 0 bridgehead atoms. The normalized spacial score (nSPS) is 12.2. The maximum Gasteiger partial charge on any atom is 0.216 e. The number of hydrogen-bond donors (Lipinski definition) is 1. The summed E-state index contributed by atoms with van der Waals surface area (Å²) in [7, 11) is 0. The molecule has 0 fully saturated rings. The zero-order valence-electron chi connectivity index (χ0n) is 8.24. The lowest BCUT2D eigenvalue weighted by molar-refractivity contribution is -0.131. The highest BCUT2D eigenvalue weighted by atomic mass is 16.7. The third-order valence-electron chi connectivity index (χ3n) is 1.23. The quantitative estimate of drug-likeness (QED) is 0.389. The first-order valence-corrected chi connectivity index (χ1v) is 4.26. The minimum absolute atomic E-state index is 0.184. The largest absolute Gasteiger partial charge is 0.507 e. The number of carbonyl (C=O) groups is 1. The van der Waals surface area contributed by atoms with Crippen LogP contribution in [0.1, 0.15) is 20.8 Å². The summed E-state index contributed by atoms with van der Waals surface area (Å²) in [5.41, 5.74) is 0. The van der Waals surface area contributed by atoms with E-state index in [1.165, 1.54) is 6.92 Å². The van der Waals surface area contributed by atoms with Crippen LogP contribution in [0.15, 0.2) is 11.8 Å². The summed E-state index contributed by atoms with van der Waals surface area (Å²) in [6.45, 7) is 5.76. The minimum Gasteiger partial charge on any atom is -0.507 e. The molecule has 0 heterocycles. The second kappa shape index (κ2) is 6.62. The average molecular weight is 188 g/mol. The van der Waals surface area contributed by atoms with Gasteiger partial charge in [0.25, 0.3) is 0 Å². The number of hydrogen-bond acceptors (Lipinski definition) is 4. The fourth-order valence-corrected chi connectivity index (χ4v) is 0.798. The molecule has 76 valence electrons. The molecule has 0 amide bonds. The molecular weight excluding hydrogens is 172 g/mol. The van der Waals surface area contributed by atoms with Gasteiger partial charge in [-0.3, -0.25) is 4.79 Å². The zero-order valence-corrected chi connectivity index (χ0v) is 8.24. The van der Waals surface area contributed by atoms with E-state index in [-0.39, 0.29) is 11.5 Å². The number of ether oxygens (including phenoxy) is 2. The first kappa shape index (κ1) is 12.1. The number of allylic oxidation sites excluding steroid dienone is 1. The lowest BCUT2D eigenvalue weighted by atomic mass is 10.3. The van der Waals surface area contributed by atoms with Crippen molar-refractivity contribution in [3.05, 3.63) is 11.8 Å². The molecule has 0 spiro atoms. The van der Waals surface area contributed by atoms with Gasteiger partial charge in [0.05, 0.1) is 0 Å². The lowest BCUT2D eigenvalue weighted by Crippen LogP contribution is -2.20. The SMILES string of the molecule is CCOC(OCC)/C(O)=C\C(C)=O. The van der Waals surface area contributed by atoms with E-state index >= 15 is 0 Å². The van der Waals surface area contributed by atoms with Crippen molar-refractivity contribution in [1.29, 1.82) is 0 Å². The molecule has 0 aliphatic heterocycles. The summed E-state index contributed by atoms with van der Waals surface area (Å²) in [6, 6.07) is 0. The minimum atomic E-state index is -0.820. The van der Waals surface area contributed by atoms with Gasteiger partial charge in [-0.1, -0.05) is 0 Å². The summed E-state index contributed by atoms with van der Waals surface area (Å²) >= 11 is 0. The van der Waals surface area contributed by atoms with Gasteiger partial charge in [0.2, 0.25) is 6.29 Å². The molecule has 0 aromatic rings. The summed E-state index contributed by atoms with van der Waals surface area (Å²) < 4.78 is 10.1. The van der Waals surface area contributed by atoms with E-state index in [1.54, 1.807) is 13.8 Å². The van der Waals surface area contributed by atoms with Crippen molar-refractivity contribution in [3.63, 3.8) is 0 Å². The summed E-state index contributed by atoms with van der Waals surface area (Å²) in [5.74, 6) is -0.418. The first-order chi connectivity index (χ1) is 6.11. The number of rotatable bonds is 6. The molecule has 0 atom stereocenters. The van der Waals surface area contributed by atoms with Crippen molar-refractivity contribution < 1.29 is 19.4 Å². The molecule has 0 aromatic carbocycles. The Morgan fingerprint density at radius 3 is 2.15 bits per heavy atom. The van der Waals surface area contributed by atoms with Gasteiger partial charge in [-0.25, -0.2) is 0 Å². The molecule has 0 saturated heterocycles. The van der Waals surface area contributed by atoms with Gasteiger partial charge in [0.1, 0.15) is 0 Å². The van der Waals surface area contributed by atoms with Crippen molar-refractivity contribution in [2.45, 2.75) is 27.1 Å². The van der Waals surface area contributed by atoms with Crippen LogP contribution in [0.25, 0.3) is 0 Å². The molecule has 0 aliphatic rings. The van der Waals surface area contributed by atoms with Crippen molar-refractivity contribution in [1.82, 2.24) is 0 Å². The maximum absolute atomic E-state index is 10.6. The monoisotopic (exact) mass is 188 g/mol. The number of ketones is 1. The Morgan fingerprint density at radius 2 is 1.85 bits per heavy atom. The van der Waals surface area contributed by atoms with E-state index in [2.05, 4.69) is 0 Å². The van der Waals surface area contributed by atoms with Gasteiger partial charge in [-0.15, -0.1) is 0 Å². The molecular formula is C9H16O4. The van der Waals surface area contributed by atoms with Gasteiger partial charge in [0, 0.05) is 19.3 Å². The maximum atomic E-state index is 10.6. The molecule has 0 rings (SSSR count). The molecule has 4 heteroatoms. The Kier molecular flexibility index (Phi) is 6.18. The Morgan fingerprint density at radius 1 is 1.38 bits per heavy atom. The predicted molar refractivity (Wildman–Crippen MR) is 48.4 cm³/mol. The fourth-order valence-electron chi connectivity index (χ4n) is 0.798. The third kappa shape index (κ3) is 5.38. The van der Waals surface area contributed by atoms with Crippen LogP contribution in [0.2, 0.25) is 0 Å². The van der Waals surface area contributed by atoms with E-state index in [1.807, 2.05) is 0 Å². The van der Waals surface area contributed by atoms with Crippen LogP contribution >= 0.6 is 0 Å². The lowest BCUT2D eigenvalue weighted by Gasteiger charge is -2.15. The van der Waals surface area contributed by atoms with Gasteiger partial charge < -0.3 is 14.6 Å². The zero-order chi connectivity index (χ0) is 10.3. The molecule has 13 heavy (non-hydrogen) atoms. The molecule has 0 radical (unpaired) electrons. The van der Waals surface area contributed by atoms with Gasteiger partial charge in [0.15, 0.2) is 11.5 Å². The number of carbonyl (C=O) groups excluding carboxylic acids is 1. The van der Waals surface area contributed by atoms with E-state index in [0.717, 1.165) is 6.08 Å². The van der Waals surface area contributed by atoms with Crippen molar-refractivity contribution in [3.8, 4) is 0 Å². The van der Waals surface area contributed by atoms with Crippen LogP contribution in [-0.2, 0) is 14.3 Å². The van der Waals surface area contributed by atoms with Crippen molar-refractivity contribution in [2.24, 2.45) is 0 Å². The number of aliphatic hydroxyl groups is 1. The fraction of sp³-hybridized carbons (Fsp3) is 0.667. The van der Waals surface area contributed by atoms with E-state index in [9.17, 15) is 9.90 Å². The van der Waals surface area contributed by atoms with Crippen LogP contribution in [0.5, 0.6) is 0 Å². The van der Waals surface area contributed by atoms with Gasteiger partial charge in [-0.2, -0.15) is 0 Å². The second-order valence-corrected chi connectivity index (χ2v) is 2.42. The highest BCUT2D eigenvalue weighted by Gasteiger charge is 2.13. The Bertz CT molecular complexity index is 180. The van der Waals surface area contributed by atoms with Crippen LogP contribution in [0.3, 0.4) is 0 Å². The molecule has 0 aliphatic carbocycles. The summed E-state index contributed by atoms with van der Waals surface area (Å²) in [4.78, 5) is 10.6. The highest BCUT2D eigenvalue weighted by Crippen LogP contribution is 2.05. The van der Waals surface area contributed by atoms with E-state index in [4.69, 9.17) is 9.47 Å². The van der Waals surface area contributed by atoms with Crippen LogP contribution in [0, 0.1) is 0 Å². The smallest absolute Gasteiger partial charge is 0.216 e. The molecule has 0 aromatic heterocycles. The second-order valence-electron chi connectivity index (χ2n) is 2.42. The highest BCUT2D eigenvalue weighted by molar-refractivity contribution is 5.87. The third-order valence-corrected chi connectivity index (χ3v) is 1.23. The van der Waals surface area contributed by atoms with Gasteiger partial charge in [-0.05, 0) is 20.8 Å². The average Bonchev–Trinajstić information content (AvgIpc) is 2.02. The van der Waals surface area contributed by atoms with Crippen molar-refractivity contribution in [2.75, 3.05) is 13.2 Å². The Hall–Kier alpha value is -0.870. The molecule has 4 nitrogen and oxygen atoms in total. The first-order valence-electron chi connectivity index (χ1n) is 4.26. The van der Waals surface area contributed by atoms with Crippen LogP contribution in [0.4, 0.5) is 0 Å². The Labute approximate surface area is 78.2 Å². The van der Waals surface area contributed by atoms with Crippen LogP contribution in [-0.4, -0.2) is 30.4 Å². The van der Waals surface area contributed by atoms with E-state index in [0.29, 0.717) is 13.2 Å². The van der Waals surface area contributed by atoms with E-state index < -0.39 is 6.29 Å².